The standard InChI is InChI=1S/C15H32O5Si/c1-6-15(12-17-13-15)14(16-5)10-11-21(18-7-2,19-8-3)20-9-4/h14H,6-13H2,1-5H3. The van der Waals surface area contributed by atoms with Crippen LogP contribution in [-0.4, -0.2) is 55.1 Å². The first kappa shape index (κ1) is 19.1. The van der Waals surface area contributed by atoms with Gasteiger partial charge in [-0.15, -0.1) is 0 Å². The summed E-state index contributed by atoms with van der Waals surface area (Å²) in [6, 6.07) is 0.794. The maximum absolute atomic E-state index is 5.91. The van der Waals surface area contributed by atoms with E-state index in [2.05, 4.69) is 6.92 Å². The van der Waals surface area contributed by atoms with E-state index in [4.69, 9.17) is 22.8 Å². The van der Waals surface area contributed by atoms with Gasteiger partial charge in [0, 0.05) is 38.4 Å². The molecule has 21 heavy (non-hydrogen) atoms. The predicted molar refractivity (Wildman–Crippen MR) is 84.4 cm³/mol. The Morgan fingerprint density at radius 3 is 1.81 bits per heavy atom. The third kappa shape index (κ3) is 4.74. The van der Waals surface area contributed by atoms with Gasteiger partial charge in [0.25, 0.3) is 0 Å². The summed E-state index contributed by atoms with van der Waals surface area (Å²) >= 11 is 0. The molecule has 1 saturated heterocycles. The highest BCUT2D eigenvalue weighted by Crippen LogP contribution is 2.39. The molecule has 0 N–H and O–H groups in total. The highest BCUT2D eigenvalue weighted by Gasteiger charge is 2.47. The molecule has 0 aromatic heterocycles. The lowest BCUT2D eigenvalue weighted by atomic mass is 9.76. The van der Waals surface area contributed by atoms with Crippen molar-refractivity contribution >= 4 is 8.80 Å². The van der Waals surface area contributed by atoms with Gasteiger partial charge in [-0.1, -0.05) is 6.92 Å². The SMILES string of the molecule is CCO[Si](CCC(OC)C1(CC)COC1)(OCC)OCC. The normalized spacial score (nSPS) is 19.3. The monoisotopic (exact) mass is 320 g/mol. The molecule has 1 heterocycles. The van der Waals surface area contributed by atoms with Crippen molar-refractivity contribution < 1.29 is 22.8 Å². The Labute approximate surface area is 130 Å². The summed E-state index contributed by atoms with van der Waals surface area (Å²) in [5, 5.41) is 0. The zero-order valence-corrected chi connectivity index (χ0v) is 15.3. The average molecular weight is 321 g/mol. The minimum atomic E-state index is -2.58. The largest absolute Gasteiger partial charge is 0.501 e. The molecule has 1 unspecified atom stereocenters. The molecule has 0 saturated carbocycles. The van der Waals surface area contributed by atoms with Crippen LogP contribution in [0.5, 0.6) is 0 Å². The third-order valence-corrected chi connectivity index (χ3v) is 7.34. The van der Waals surface area contributed by atoms with Gasteiger partial charge in [-0.05, 0) is 33.6 Å². The van der Waals surface area contributed by atoms with E-state index < -0.39 is 8.80 Å². The molecule has 0 radical (unpaired) electrons. The second kappa shape index (κ2) is 9.22. The van der Waals surface area contributed by atoms with Crippen LogP contribution in [-0.2, 0) is 22.8 Å². The molecule has 0 amide bonds. The highest BCUT2D eigenvalue weighted by atomic mass is 28.4. The van der Waals surface area contributed by atoms with Crippen molar-refractivity contribution in [1.82, 2.24) is 0 Å². The summed E-state index contributed by atoms with van der Waals surface area (Å²) < 4.78 is 28.9. The molecule has 1 aliphatic rings. The summed E-state index contributed by atoms with van der Waals surface area (Å²) in [6.45, 7) is 11.6. The summed E-state index contributed by atoms with van der Waals surface area (Å²) in [7, 11) is -0.792. The molecule has 1 aliphatic heterocycles. The second-order valence-electron chi connectivity index (χ2n) is 5.45. The fourth-order valence-electron chi connectivity index (χ4n) is 2.97. The van der Waals surface area contributed by atoms with Gasteiger partial charge in [0.1, 0.15) is 0 Å². The van der Waals surface area contributed by atoms with Gasteiger partial charge in [-0.2, -0.15) is 0 Å². The van der Waals surface area contributed by atoms with E-state index in [1.165, 1.54) is 0 Å². The van der Waals surface area contributed by atoms with Crippen LogP contribution in [0.15, 0.2) is 0 Å². The molecule has 0 aromatic carbocycles. The lowest BCUT2D eigenvalue weighted by molar-refractivity contribution is -0.183. The first-order chi connectivity index (χ1) is 10.1. The van der Waals surface area contributed by atoms with Crippen LogP contribution >= 0.6 is 0 Å². The lowest BCUT2D eigenvalue weighted by Crippen LogP contribution is -2.53. The van der Waals surface area contributed by atoms with Crippen molar-refractivity contribution in [2.24, 2.45) is 5.41 Å². The first-order valence-electron chi connectivity index (χ1n) is 8.14. The molecule has 0 aromatic rings. The fraction of sp³-hybridized carbons (Fsp3) is 1.00. The predicted octanol–water partition coefficient (Wildman–Crippen LogP) is 2.87. The Kier molecular flexibility index (Phi) is 8.37. The summed E-state index contributed by atoms with van der Waals surface area (Å²) in [6.07, 6.45) is 2.13. The van der Waals surface area contributed by atoms with Crippen molar-refractivity contribution in [3.8, 4) is 0 Å². The number of methoxy groups -OCH3 is 1. The Morgan fingerprint density at radius 1 is 1.00 bits per heavy atom. The summed E-state index contributed by atoms with van der Waals surface area (Å²) in [5.41, 5.74) is 0.152. The Bertz CT molecular complexity index is 261. The van der Waals surface area contributed by atoms with Gasteiger partial charge in [0.2, 0.25) is 0 Å². The van der Waals surface area contributed by atoms with E-state index in [0.717, 1.165) is 32.1 Å². The number of ether oxygens (including phenoxy) is 2. The molecule has 0 aliphatic carbocycles. The van der Waals surface area contributed by atoms with Crippen molar-refractivity contribution in [3.05, 3.63) is 0 Å². The second-order valence-corrected chi connectivity index (χ2v) is 8.19. The Morgan fingerprint density at radius 2 is 1.52 bits per heavy atom. The molecule has 6 heteroatoms. The minimum Gasteiger partial charge on any atom is -0.381 e. The topological polar surface area (TPSA) is 46.2 Å². The summed E-state index contributed by atoms with van der Waals surface area (Å²) in [5.74, 6) is 0. The molecule has 0 bridgehead atoms. The van der Waals surface area contributed by atoms with Gasteiger partial charge in [0.05, 0.1) is 19.3 Å². The van der Waals surface area contributed by atoms with E-state index >= 15 is 0 Å². The molecule has 1 fully saturated rings. The quantitative estimate of drug-likeness (QED) is 0.517. The maximum atomic E-state index is 5.91. The smallest absolute Gasteiger partial charge is 0.381 e. The van der Waals surface area contributed by atoms with Crippen molar-refractivity contribution in [1.29, 1.82) is 0 Å². The maximum Gasteiger partial charge on any atom is 0.501 e. The Balaban J connectivity index is 2.68. The number of hydrogen-bond acceptors (Lipinski definition) is 5. The molecule has 0 spiro atoms. The first-order valence-corrected chi connectivity index (χ1v) is 10.1. The van der Waals surface area contributed by atoms with Crippen LogP contribution in [0.2, 0.25) is 6.04 Å². The van der Waals surface area contributed by atoms with Gasteiger partial charge in [-0.3, -0.25) is 0 Å². The van der Waals surface area contributed by atoms with Crippen LogP contribution in [0, 0.1) is 5.41 Å². The van der Waals surface area contributed by atoms with Crippen molar-refractivity contribution in [2.75, 3.05) is 40.1 Å². The van der Waals surface area contributed by atoms with Crippen LogP contribution in [0.25, 0.3) is 0 Å². The molecule has 1 rings (SSSR count). The highest BCUT2D eigenvalue weighted by molar-refractivity contribution is 6.60. The molecular weight excluding hydrogens is 288 g/mol. The van der Waals surface area contributed by atoms with E-state index in [-0.39, 0.29) is 11.5 Å². The third-order valence-electron chi connectivity index (χ3n) is 4.26. The van der Waals surface area contributed by atoms with Gasteiger partial charge >= 0.3 is 8.80 Å². The van der Waals surface area contributed by atoms with Crippen LogP contribution in [0.1, 0.15) is 40.5 Å². The minimum absolute atomic E-state index is 0.152. The van der Waals surface area contributed by atoms with E-state index in [1.54, 1.807) is 7.11 Å². The molecular formula is C15H32O5Si. The van der Waals surface area contributed by atoms with E-state index in [1.807, 2.05) is 20.8 Å². The number of rotatable bonds is 12. The van der Waals surface area contributed by atoms with Crippen molar-refractivity contribution in [3.63, 3.8) is 0 Å². The van der Waals surface area contributed by atoms with E-state index in [0.29, 0.717) is 19.8 Å². The zero-order chi connectivity index (χ0) is 15.8. The fourth-order valence-corrected chi connectivity index (χ4v) is 5.58. The van der Waals surface area contributed by atoms with Crippen LogP contribution < -0.4 is 0 Å². The molecule has 126 valence electrons. The molecule has 5 nitrogen and oxygen atoms in total. The van der Waals surface area contributed by atoms with E-state index in [9.17, 15) is 0 Å². The average Bonchev–Trinajstić information content (AvgIpc) is 2.42. The number of hydrogen-bond donors (Lipinski definition) is 0. The van der Waals surface area contributed by atoms with Gasteiger partial charge in [-0.25, -0.2) is 0 Å². The van der Waals surface area contributed by atoms with Crippen LogP contribution in [0.4, 0.5) is 0 Å². The lowest BCUT2D eigenvalue weighted by Gasteiger charge is -2.46. The Hall–Kier alpha value is 0.0169. The van der Waals surface area contributed by atoms with Crippen molar-refractivity contribution in [2.45, 2.75) is 52.7 Å². The van der Waals surface area contributed by atoms with Gasteiger partial charge < -0.3 is 22.8 Å². The van der Waals surface area contributed by atoms with Crippen LogP contribution in [0.3, 0.4) is 0 Å². The van der Waals surface area contributed by atoms with Gasteiger partial charge in [0.15, 0.2) is 0 Å². The zero-order valence-electron chi connectivity index (χ0n) is 14.3. The summed E-state index contributed by atoms with van der Waals surface area (Å²) in [4.78, 5) is 0. The molecule has 1 atom stereocenters.